The first-order chi connectivity index (χ1) is 5.04. The Hall–Kier alpha value is -0.770. The highest BCUT2D eigenvalue weighted by Gasteiger charge is 2.36. The first kappa shape index (κ1) is 8.33. The number of cyclic esters (lactones) is 2. The van der Waals surface area contributed by atoms with E-state index in [1.165, 1.54) is 0 Å². The Balaban J connectivity index is 2.62. The lowest BCUT2D eigenvalue weighted by atomic mass is 10.0. The van der Waals surface area contributed by atoms with Crippen LogP contribution in [0.5, 0.6) is 0 Å². The lowest BCUT2D eigenvalue weighted by Gasteiger charge is -2.36. The molecule has 0 saturated carbocycles. The second-order valence-corrected chi connectivity index (χ2v) is 3.08. The highest BCUT2D eigenvalue weighted by atomic mass is 16.8. The maximum Gasteiger partial charge on any atom is 0.511 e. The molecule has 1 heterocycles. The van der Waals surface area contributed by atoms with Crippen LogP contribution in [0.3, 0.4) is 0 Å². The normalized spacial score (nSPS) is 31.5. The topological polar surface area (TPSA) is 47.6 Å². The molecule has 0 bridgehead atoms. The van der Waals surface area contributed by atoms with Crippen LogP contribution in [-0.4, -0.2) is 18.6 Å². The summed E-state index contributed by atoms with van der Waals surface area (Å²) >= 11 is 0. The third-order valence-corrected chi connectivity index (χ3v) is 2.01. The van der Waals surface area contributed by atoms with Crippen LogP contribution in [0.2, 0.25) is 0 Å². The van der Waals surface area contributed by atoms with E-state index in [4.69, 9.17) is 4.74 Å². The molecular formula is C7H13NO3. The molecule has 1 aliphatic rings. The van der Waals surface area contributed by atoms with E-state index in [0.717, 1.165) is 0 Å². The van der Waals surface area contributed by atoms with Crippen molar-refractivity contribution in [2.45, 2.75) is 26.5 Å². The van der Waals surface area contributed by atoms with Gasteiger partial charge in [-0.25, -0.2) is 10.1 Å². The summed E-state index contributed by atoms with van der Waals surface area (Å²) in [5.41, 5.74) is -0.574. The number of carbonyl (C=O) groups is 1. The molecular weight excluding hydrogens is 146 g/mol. The molecule has 4 heteroatoms. The minimum absolute atomic E-state index is 0.230. The van der Waals surface area contributed by atoms with E-state index in [1.54, 1.807) is 0 Å². The zero-order valence-electron chi connectivity index (χ0n) is 7.01. The predicted octanol–water partition coefficient (Wildman–Crippen LogP) is 1.07. The summed E-state index contributed by atoms with van der Waals surface area (Å²) in [5.74, 6) is 0.232. The molecule has 1 saturated heterocycles. The van der Waals surface area contributed by atoms with E-state index in [1.807, 2.05) is 20.8 Å². The molecule has 1 unspecified atom stereocenters. The first-order valence-corrected chi connectivity index (χ1v) is 3.65. The number of carbonyl (C=O) groups excluding carboxylic acids is 1. The molecule has 0 amide bonds. The van der Waals surface area contributed by atoms with Crippen molar-refractivity contribution in [2.24, 2.45) is 5.92 Å². The lowest BCUT2D eigenvalue weighted by molar-refractivity contribution is -0.121. The molecule has 4 nitrogen and oxygen atoms in total. The molecule has 0 radical (unpaired) electrons. The fraction of sp³-hybridized carbons (Fsp3) is 0.857. The van der Waals surface area contributed by atoms with Crippen LogP contribution in [0.15, 0.2) is 0 Å². The van der Waals surface area contributed by atoms with Gasteiger partial charge < -0.3 is 9.47 Å². The summed E-state index contributed by atoms with van der Waals surface area (Å²) in [6.07, 6.45) is -0.597. The van der Waals surface area contributed by atoms with E-state index in [2.05, 4.69) is 10.1 Å². The Labute approximate surface area is 65.9 Å². The van der Waals surface area contributed by atoms with Gasteiger partial charge in [-0.05, 0) is 6.92 Å². The summed E-state index contributed by atoms with van der Waals surface area (Å²) in [4.78, 5) is 10.7. The summed E-state index contributed by atoms with van der Waals surface area (Å²) < 4.78 is 9.51. The Morgan fingerprint density at radius 1 is 1.64 bits per heavy atom. The number of hydrogen-bond acceptors (Lipinski definition) is 4. The van der Waals surface area contributed by atoms with Gasteiger partial charge in [-0.15, -0.1) is 0 Å². The minimum Gasteiger partial charge on any atom is -0.418 e. The van der Waals surface area contributed by atoms with Crippen molar-refractivity contribution < 1.29 is 14.3 Å². The molecule has 0 aromatic heterocycles. The number of nitrogens with one attached hydrogen (secondary N) is 1. The number of hydrogen-bond donors (Lipinski definition) is 1. The van der Waals surface area contributed by atoms with Gasteiger partial charge in [-0.2, -0.15) is 0 Å². The van der Waals surface area contributed by atoms with Gasteiger partial charge in [-0.3, -0.25) is 0 Å². The fourth-order valence-electron chi connectivity index (χ4n) is 0.799. The molecule has 1 atom stereocenters. The fourth-order valence-corrected chi connectivity index (χ4v) is 0.799. The Bertz CT molecular complexity index is 169. The van der Waals surface area contributed by atoms with Crippen molar-refractivity contribution in [1.82, 2.24) is 5.32 Å². The quantitative estimate of drug-likeness (QED) is 0.581. The van der Waals surface area contributed by atoms with E-state index >= 15 is 0 Å². The molecule has 1 N–H and O–H groups in total. The molecule has 1 rings (SSSR count). The largest absolute Gasteiger partial charge is 0.511 e. The molecule has 64 valence electrons. The summed E-state index contributed by atoms with van der Waals surface area (Å²) in [7, 11) is 0. The van der Waals surface area contributed by atoms with Gasteiger partial charge in [0.2, 0.25) is 0 Å². The van der Waals surface area contributed by atoms with Crippen molar-refractivity contribution in [1.29, 1.82) is 0 Å². The Kier molecular flexibility index (Phi) is 2.04. The second-order valence-electron chi connectivity index (χ2n) is 3.08. The molecule has 11 heavy (non-hydrogen) atoms. The SMILES string of the molecule is CC(C)C1(C)NCOC(=O)O1. The number of rotatable bonds is 1. The molecule has 0 aromatic carbocycles. The van der Waals surface area contributed by atoms with Gasteiger partial charge in [0.1, 0.15) is 6.73 Å². The van der Waals surface area contributed by atoms with E-state index < -0.39 is 11.9 Å². The monoisotopic (exact) mass is 159 g/mol. The van der Waals surface area contributed by atoms with Gasteiger partial charge in [0, 0.05) is 5.92 Å². The van der Waals surface area contributed by atoms with Gasteiger partial charge >= 0.3 is 6.16 Å². The van der Waals surface area contributed by atoms with Crippen molar-refractivity contribution >= 4 is 6.16 Å². The van der Waals surface area contributed by atoms with Gasteiger partial charge in [0.15, 0.2) is 5.72 Å². The first-order valence-electron chi connectivity index (χ1n) is 3.65. The summed E-state index contributed by atoms with van der Waals surface area (Å²) in [6, 6.07) is 0. The van der Waals surface area contributed by atoms with Crippen LogP contribution in [0.4, 0.5) is 4.79 Å². The van der Waals surface area contributed by atoms with Crippen molar-refractivity contribution in [2.75, 3.05) is 6.73 Å². The average Bonchev–Trinajstić information content (AvgIpc) is 1.86. The van der Waals surface area contributed by atoms with Gasteiger partial charge in [0.05, 0.1) is 0 Å². The van der Waals surface area contributed by atoms with E-state index in [9.17, 15) is 4.79 Å². The minimum atomic E-state index is -0.597. The zero-order valence-corrected chi connectivity index (χ0v) is 7.01. The molecule has 1 fully saturated rings. The van der Waals surface area contributed by atoms with E-state index in [-0.39, 0.29) is 12.6 Å². The van der Waals surface area contributed by atoms with Gasteiger partial charge in [0.25, 0.3) is 0 Å². The highest BCUT2D eigenvalue weighted by Crippen LogP contribution is 2.20. The predicted molar refractivity (Wildman–Crippen MR) is 38.8 cm³/mol. The standard InChI is InChI=1S/C7H13NO3/c1-5(2)7(3)8-4-10-6(9)11-7/h5,8H,4H2,1-3H3. The summed E-state index contributed by atoms with van der Waals surface area (Å²) in [6.45, 7) is 6.02. The highest BCUT2D eigenvalue weighted by molar-refractivity contribution is 5.61. The zero-order chi connectivity index (χ0) is 8.48. The van der Waals surface area contributed by atoms with Crippen LogP contribution in [0.1, 0.15) is 20.8 Å². The third kappa shape index (κ3) is 1.63. The molecule has 1 aliphatic heterocycles. The smallest absolute Gasteiger partial charge is 0.418 e. The average molecular weight is 159 g/mol. The van der Waals surface area contributed by atoms with Crippen molar-refractivity contribution in [3.05, 3.63) is 0 Å². The Morgan fingerprint density at radius 2 is 2.27 bits per heavy atom. The van der Waals surface area contributed by atoms with Crippen LogP contribution in [0, 0.1) is 5.92 Å². The van der Waals surface area contributed by atoms with Crippen LogP contribution in [-0.2, 0) is 9.47 Å². The maximum absolute atomic E-state index is 10.7. The van der Waals surface area contributed by atoms with Crippen LogP contribution >= 0.6 is 0 Å². The Morgan fingerprint density at radius 3 is 2.64 bits per heavy atom. The third-order valence-electron chi connectivity index (χ3n) is 2.01. The summed E-state index contributed by atoms with van der Waals surface area (Å²) in [5, 5.41) is 2.96. The van der Waals surface area contributed by atoms with Crippen molar-refractivity contribution in [3.8, 4) is 0 Å². The van der Waals surface area contributed by atoms with E-state index in [0.29, 0.717) is 0 Å². The molecule has 0 aromatic rings. The maximum atomic E-state index is 10.7. The lowest BCUT2D eigenvalue weighted by Crippen LogP contribution is -2.55. The van der Waals surface area contributed by atoms with Crippen LogP contribution in [0.25, 0.3) is 0 Å². The van der Waals surface area contributed by atoms with Gasteiger partial charge in [-0.1, -0.05) is 13.8 Å². The second kappa shape index (κ2) is 2.70. The number of ether oxygens (including phenoxy) is 2. The van der Waals surface area contributed by atoms with Crippen molar-refractivity contribution in [3.63, 3.8) is 0 Å². The molecule has 0 aliphatic carbocycles. The van der Waals surface area contributed by atoms with Crippen LogP contribution < -0.4 is 5.32 Å². The molecule has 0 spiro atoms.